The molecule has 0 radical (unpaired) electrons. The van der Waals surface area contributed by atoms with E-state index in [9.17, 15) is 14.3 Å². The van der Waals surface area contributed by atoms with E-state index in [4.69, 9.17) is 0 Å². The molecule has 0 bridgehead atoms. The summed E-state index contributed by atoms with van der Waals surface area (Å²) in [5.41, 5.74) is 1.17. The quantitative estimate of drug-likeness (QED) is 0.749. The van der Waals surface area contributed by atoms with Crippen LogP contribution >= 0.6 is 0 Å². The molecule has 2 atom stereocenters. The molecule has 146 valence electrons. The Labute approximate surface area is 161 Å². The molecule has 1 aliphatic rings. The van der Waals surface area contributed by atoms with Crippen molar-refractivity contribution in [3.63, 3.8) is 0 Å². The molecule has 4 rings (SSSR count). The van der Waals surface area contributed by atoms with Gasteiger partial charge in [-0.05, 0) is 50.5 Å². The highest BCUT2D eigenvalue weighted by Crippen LogP contribution is 2.32. The Morgan fingerprint density at radius 2 is 2.04 bits per heavy atom. The molecule has 28 heavy (non-hydrogen) atoms. The number of phenolic OH excluding ortho intramolecular Hbond substituents is 1. The van der Waals surface area contributed by atoms with Gasteiger partial charge in [0.15, 0.2) is 5.82 Å². The maximum Gasteiger partial charge on any atom is 0.261 e. The number of hydrogen-bond donors (Lipinski definition) is 1. The second-order valence-electron chi connectivity index (χ2n) is 7.31. The number of hydrogen-bond acceptors (Lipinski definition) is 6. The van der Waals surface area contributed by atoms with E-state index >= 15 is 0 Å². The highest BCUT2D eigenvalue weighted by atomic mass is 19.1. The van der Waals surface area contributed by atoms with Gasteiger partial charge in [-0.1, -0.05) is 0 Å². The largest absolute Gasteiger partial charge is 0.507 e. The van der Waals surface area contributed by atoms with Crippen LogP contribution in [0.25, 0.3) is 22.2 Å². The third-order valence-corrected chi connectivity index (χ3v) is 5.60. The highest BCUT2D eigenvalue weighted by Gasteiger charge is 2.31. The fourth-order valence-electron chi connectivity index (χ4n) is 3.78. The van der Waals surface area contributed by atoms with Crippen molar-refractivity contribution in [2.45, 2.75) is 38.4 Å². The smallest absolute Gasteiger partial charge is 0.261 e. The van der Waals surface area contributed by atoms with Gasteiger partial charge < -0.3 is 10.0 Å². The van der Waals surface area contributed by atoms with Gasteiger partial charge in [-0.3, -0.25) is 9.36 Å². The summed E-state index contributed by atoms with van der Waals surface area (Å²) in [6.07, 6.45) is 1.40. The predicted molar refractivity (Wildman–Crippen MR) is 105 cm³/mol. The summed E-state index contributed by atoms with van der Waals surface area (Å²) in [5.74, 6) is 1.10. The van der Waals surface area contributed by atoms with E-state index in [1.807, 2.05) is 11.9 Å². The summed E-state index contributed by atoms with van der Waals surface area (Å²) in [7, 11) is 3.46. The Kier molecular flexibility index (Phi) is 4.49. The highest BCUT2D eigenvalue weighted by molar-refractivity contribution is 5.86. The van der Waals surface area contributed by atoms with Crippen LogP contribution in [0.5, 0.6) is 5.75 Å². The van der Waals surface area contributed by atoms with Crippen molar-refractivity contribution in [2.75, 3.05) is 11.9 Å². The number of nitrogens with zero attached hydrogens (tertiary/aromatic N) is 5. The maximum absolute atomic E-state index is 14.0. The zero-order valence-electron chi connectivity index (χ0n) is 16.1. The molecule has 2 aromatic heterocycles. The van der Waals surface area contributed by atoms with Gasteiger partial charge in [0.1, 0.15) is 17.7 Å². The van der Waals surface area contributed by atoms with E-state index in [1.165, 1.54) is 10.6 Å². The fourth-order valence-corrected chi connectivity index (χ4v) is 3.78. The molecule has 1 fully saturated rings. The van der Waals surface area contributed by atoms with Crippen LogP contribution in [0.15, 0.2) is 29.1 Å². The number of aromatic nitrogens is 4. The molecule has 0 spiro atoms. The van der Waals surface area contributed by atoms with E-state index in [0.717, 1.165) is 12.8 Å². The van der Waals surface area contributed by atoms with Crippen LogP contribution in [0.3, 0.4) is 0 Å². The lowest BCUT2D eigenvalue weighted by Crippen LogP contribution is -2.36. The lowest BCUT2D eigenvalue weighted by atomic mass is 10.1. The van der Waals surface area contributed by atoms with Crippen molar-refractivity contribution in [1.82, 2.24) is 19.7 Å². The van der Waals surface area contributed by atoms with Gasteiger partial charge in [0.2, 0.25) is 0 Å². The second kappa shape index (κ2) is 6.85. The average Bonchev–Trinajstić information content (AvgIpc) is 3.12. The molecule has 0 unspecified atom stereocenters. The van der Waals surface area contributed by atoms with Crippen LogP contribution in [0.1, 0.15) is 25.1 Å². The lowest BCUT2D eigenvalue weighted by Gasteiger charge is -2.26. The summed E-state index contributed by atoms with van der Waals surface area (Å²) >= 11 is 0. The minimum atomic E-state index is -0.854. The Morgan fingerprint density at radius 1 is 1.25 bits per heavy atom. The number of halogens is 1. The van der Waals surface area contributed by atoms with E-state index in [2.05, 4.69) is 15.2 Å². The van der Waals surface area contributed by atoms with Gasteiger partial charge in [0.25, 0.3) is 5.56 Å². The van der Waals surface area contributed by atoms with Crippen molar-refractivity contribution in [1.29, 1.82) is 0 Å². The summed E-state index contributed by atoms with van der Waals surface area (Å²) < 4.78 is 15.4. The zero-order valence-corrected chi connectivity index (χ0v) is 16.1. The second-order valence-corrected chi connectivity index (χ2v) is 7.31. The molecule has 7 nitrogen and oxygen atoms in total. The van der Waals surface area contributed by atoms with E-state index in [0.29, 0.717) is 40.2 Å². The first-order valence-corrected chi connectivity index (χ1v) is 9.28. The molecule has 0 amide bonds. The van der Waals surface area contributed by atoms with E-state index < -0.39 is 6.17 Å². The first-order chi connectivity index (χ1) is 13.4. The normalized spacial score (nSPS) is 19.3. The number of benzene rings is 1. The minimum Gasteiger partial charge on any atom is -0.507 e. The lowest BCUT2D eigenvalue weighted by molar-refractivity contribution is 0.306. The number of alkyl halides is 1. The van der Waals surface area contributed by atoms with Crippen LogP contribution in [-0.4, -0.2) is 44.1 Å². The monoisotopic (exact) mass is 383 g/mol. The van der Waals surface area contributed by atoms with E-state index in [1.54, 1.807) is 32.2 Å². The Hall–Kier alpha value is -3.03. The van der Waals surface area contributed by atoms with Gasteiger partial charge in [-0.25, -0.2) is 9.37 Å². The van der Waals surface area contributed by atoms with E-state index in [-0.39, 0.29) is 17.4 Å². The summed E-state index contributed by atoms with van der Waals surface area (Å²) in [5, 5.41) is 19.2. The van der Waals surface area contributed by atoms with Gasteiger partial charge in [-0.2, -0.15) is 0 Å². The van der Waals surface area contributed by atoms with Gasteiger partial charge in [0.05, 0.1) is 22.6 Å². The molecular weight excluding hydrogens is 361 g/mol. The van der Waals surface area contributed by atoms with Crippen molar-refractivity contribution in [2.24, 2.45) is 7.05 Å². The maximum atomic E-state index is 14.0. The topological polar surface area (TPSA) is 84.1 Å². The number of aryl methyl sites for hydroxylation is 1. The van der Waals surface area contributed by atoms with Crippen molar-refractivity contribution in [3.8, 4) is 17.0 Å². The Morgan fingerprint density at radius 3 is 2.68 bits per heavy atom. The first kappa shape index (κ1) is 18.3. The number of aromatic hydroxyl groups is 1. The molecule has 1 aromatic carbocycles. The SMILES string of the molecule is Cc1nc2cc(-c3ccc(N(C)[C@@H]4CCC[C@@H]4F)nn3)c(O)cc2c(=O)n1C. The predicted octanol–water partition coefficient (Wildman–Crippen LogP) is 2.73. The number of anilines is 1. The third-order valence-electron chi connectivity index (χ3n) is 5.60. The first-order valence-electron chi connectivity index (χ1n) is 9.28. The van der Waals surface area contributed by atoms with Crippen LogP contribution in [-0.2, 0) is 7.05 Å². The van der Waals surface area contributed by atoms with Crippen LogP contribution in [0, 0.1) is 6.92 Å². The molecule has 2 heterocycles. The van der Waals surface area contributed by atoms with Gasteiger partial charge in [-0.15, -0.1) is 10.2 Å². The third kappa shape index (κ3) is 2.98. The van der Waals surface area contributed by atoms with Crippen molar-refractivity contribution in [3.05, 3.63) is 40.4 Å². The Bertz CT molecular complexity index is 1100. The molecule has 1 saturated carbocycles. The molecule has 1 aliphatic carbocycles. The number of rotatable bonds is 3. The standard InChI is InChI=1S/C20H22FN5O2/c1-11-22-16-9-12(18(27)10-13(16)20(28)25(11)2)15-7-8-19(24-23-15)26(3)17-6-4-5-14(17)21/h7-10,14,17,27H,4-6H2,1-3H3/t14-,17+/m0/s1. The molecule has 3 aromatic rings. The molecule has 8 heteroatoms. The van der Waals surface area contributed by atoms with Crippen LogP contribution < -0.4 is 10.5 Å². The summed E-state index contributed by atoms with van der Waals surface area (Å²) in [4.78, 5) is 18.6. The van der Waals surface area contributed by atoms with Gasteiger partial charge in [0, 0.05) is 19.7 Å². The van der Waals surface area contributed by atoms with Crippen LogP contribution in [0.2, 0.25) is 0 Å². The minimum absolute atomic E-state index is 0.0646. The summed E-state index contributed by atoms with van der Waals surface area (Å²) in [6.45, 7) is 1.75. The van der Waals surface area contributed by atoms with Crippen molar-refractivity contribution >= 4 is 16.7 Å². The van der Waals surface area contributed by atoms with Crippen molar-refractivity contribution < 1.29 is 9.50 Å². The number of fused-ring (bicyclic) bond motifs is 1. The number of phenols is 1. The summed E-state index contributed by atoms with van der Waals surface area (Å²) in [6, 6.07) is 6.36. The molecule has 1 N–H and O–H groups in total. The van der Waals surface area contributed by atoms with Gasteiger partial charge >= 0.3 is 0 Å². The molecular formula is C20H22FN5O2. The molecule has 0 aliphatic heterocycles. The molecule has 0 saturated heterocycles. The fraction of sp³-hybridized carbons (Fsp3) is 0.400. The zero-order chi connectivity index (χ0) is 20.0. The average molecular weight is 383 g/mol. The Balaban J connectivity index is 1.71. The van der Waals surface area contributed by atoms with Crippen LogP contribution in [0.4, 0.5) is 10.2 Å².